The van der Waals surface area contributed by atoms with Crippen LogP contribution in [0, 0.1) is 0 Å². The number of rotatable bonds is 3. The van der Waals surface area contributed by atoms with Crippen molar-refractivity contribution in [3.63, 3.8) is 0 Å². The average molecular weight is 231 g/mol. The van der Waals surface area contributed by atoms with E-state index in [2.05, 4.69) is 20.8 Å². The molecule has 0 aromatic rings. The van der Waals surface area contributed by atoms with Crippen molar-refractivity contribution in [3.8, 4) is 0 Å². The van der Waals surface area contributed by atoms with Crippen LogP contribution in [0.1, 0.15) is 33.6 Å². The van der Waals surface area contributed by atoms with Gasteiger partial charge >= 0.3 is 0 Å². The molecular weight excluding hydrogens is 210 g/mol. The Morgan fingerprint density at radius 1 is 1.53 bits per heavy atom. The van der Waals surface area contributed by atoms with E-state index >= 15 is 0 Å². The van der Waals surface area contributed by atoms with E-state index in [1.54, 1.807) is 11.8 Å². The zero-order chi connectivity index (χ0) is 11.5. The molecule has 1 amide bonds. The summed E-state index contributed by atoms with van der Waals surface area (Å²) in [4.78, 5) is 13.7. The topological polar surface area (TPSA) is 40.5 Å². The highest BCUT2D eigenvalue weighted by Gasteiger charge is 2.28. The summed E-state index contributed by atoms with van der Waals surface area (Å²) in [6, 6.07) is 0.0677. The van der Waals surface area contributed by atoms with Crippen LogP contribution in [0.25, 0.3) is 0 Å². The second-order valence-corrected chi connectivity index (χ2v) is 6.77. The molecule has 1 aliphatic heterocycles. The molecule has 3 nitrogen and oxygen atoms in total. The van der Waals surface area contributed by atoms with Crippen LogP contribution >= 0.6 is 11.8 Å². The van der Waals surface area contributed by atoms with Crippen molar-refractivity contribution in [3.05, 3.63) is 0 Å². The molecule has 1 heterocycles. The summed E-state index contributed by atoms with van der Waals surface area (Å²) in [5, 5.41) is 9.11. The SMILES string of the molecule is CC(C)(C)SCC(=O)N1CCC[C@H]1CO. The van der Waals surface area contributed by atoms with E-state index in [9.17, 15) is 4.79 Å². The van der Waals surface area contributed by atoms with Gasteiger partial charge in [-0.15, -0.1) is 11.8 Å². The second-order valence-electron chi connectivity index (χ2n) is 4.97. The minimum Gasteiger partial charge on any atom is -0.394 e. The van der Waals surface area contributed by atoms with Gasteiger partial charge in [0, 0.05) is 11.3 Å². The maximum Gasteiger partial charge on any atom is 0.232 e. The predicted octanol–water partition coefficient (Wildman–Crippen LogP) is 1.50. The van der Waals surface area contributed by atoms with E-state index < -0.39 is 0 Å². The van der Waals surface area contributed by atoms with Gasteiger partial charge in [-0.1, -0.05) is 20.8 Å². The Morgan fingerprint density at radius 2 is 2.20 bits per heavy atom. The number of hydrogen-bond donors (Lipinski definition) is 1. The Morgan fingerprint density at radius 3 is 2.73 bits per heavy atom. The smallest absolute Gasteiger partial charge is 0.232 e. The van der Waals surface area contributed by atoms with Gasteiger partial charge in [-0.3, -0.25) is 4.79 Å². The Balaban J connectivity index is 2.40. The van der Waals surface area contributed by atoms with Crippen molar-refractivity contribution >= 4 is 17.7 Å². The summed E-state index contributed by atoms with van der Waals surface area (Å²) in [6.07, 6.45) is 1.97. The molecule has 1 aliphatic rings. The first-order valence-electron chi connectivity index (χ1n) is 5.48. The molecular formula is C11H21NO2S. The van der Waals surface area contributed by atoms with Crippen LogP contribution in [0.15, 0.2) is 0 Å². The number of likely N-dealkylation sites (tertiary alicyclic amines) is 1. The lowest BCUT2D eigenvalue weighted by Crippen LogP contribution is -2.39. The first kappa shape index (κ1) is 12.8. The quantitative estimate of drug-likeness (QED) is 0.800. The highest BCUT2D eigenvalue weighted by molar-refractivity contribution is 8.01. The first-order chi connectivity index (χ1) is 6.94. The number of hydrogen-bond acceptors (Lipinski definition) is 3. The van der Waals surface area contributed by atoms with Crippen molar-refractivity contribution in [1.29, 1.82) is 0 Å². The lowest BCUT2D eigenvalue weighted by atomic mass is 10.2. The van der Waals surface area contributed by atoms with Gasteiger partial charge in [-0.25, -0.2) is 0 Å². The minimum atomic E-state index is 0.0677. The monoisotopic (exact) mass is 231 g/mol. The van der Waals surface area contributed by atoms with Crippen LogP contribution in [0.4, 0.5) is 0 Å². The van der Waals surface area contributed by atoms with Crippen molar-refractivity contribution < 1.29 is 9.90 Å². The van der Waals surface area contributed by atoms with E-state index in [1.165, 1.54) is 0 Å². The number of nitrogens with zero attached hydrogens (tertiary/aromatic N) is 1. The molecule has 15 heavy (non-hydrogen) atoms. The summed E-state index contributed by atoms with van der Waals surface area (Å²) in [5.41, 5.74) is 0. The Bertz CT molecular complexity index is 225. The lowest BCUT2D eigenvalue weighted by Gasteiger charge is -2.25. The van der Waals surface area contributed by atoms with Gasteiger partial charge in [0.15, 0.2) is 0 Å². The molecule has 1 atom stereocenters. The summed E-state index contributed by atoms with van der Waals surface area (Å²) in [7, 11) is 0. The van der Waals surface area contributed by atoms with Gasteiger partial charge in [0.25, 0.3) is 0 Å². The van der Waals surface area contributed by atoms with Gasteiger partial charge < -0.3 is 10.0 Å². The number of aliphatic hydroxyl groups excluding tert-OH is 1. The fourth-order valence-electron chi connectivity index (χ4n) is 1.72. The van der Waals surface area contributed by atoms with Crippen LogP contribution in [-0.2, 0) is 4.79 Å². The third-order valence-electron chi connectivity index (χ3n) is 2.54. The molecule has 1 N–H and O–H groups in total. The zero-order valence-electron chi connectivity index (χ0n) is 9.82. The Hall–Kier alpha value is -0.220. The van der Waals surface area contributed by atoms with Crippen LogP contribution in [-0.4, -0.2) is 45.6 Å². The predicted molar refractivity (Wildman–Crippen MR) is 64.0 cm³/mol. The number of carbonyl (C=O) groups is 1. The highest BCUT2D eigenvalue weighted by atomic mass is 32.2. The van der Waals surface area contributed by atoms with Crippen LogP contribution < -0.4 is 0 Å². The molecule has 0 saturated carbocycles. The largest absolute Gasteiger partial charge is 0.394 e. The average Bonchev–Trinajstić information content (AvgIpc) is 2.60. The molecule has 1 rings (SSSR count). The van der Waals surface area contributed by atoms with E-state index in [1.807, 2.05) is 4.90 Å². The fourth-order valence-corrected chi connectivity index (χ4v) is 2.44. The second kappa shape index (κ2) is 5.21. The maximum absolute atomic E-state index is 11.9. The number of amides is 1. The normalized spacial score (nSPS) is 22.1. The van der Waals surface area contributed by atoms with Gasteiger partial charge in [-0.05, 0) is 12.8 Å². The van der Waals surface area contributed by atoms with E-state index in [4.69, 9.17) is 5.11 Å². The molecule has 0 spiro atoms. The number of carbonyl (C=O) groups excluding carboxylic acids is 1. The fraction of sp³-hybridized carbons (Fsp3) is 0.909. The first-order valence-corrected chi connectivity index (χ1v) is 6.47. The van der Waals surface area contributed by atoms with Gasteiger partial charge in [0.1, 0.15) is 0 Å². The number of thioether (sulfide) groups is 1. The van der Waals surface area contributed by atoms with Crippen molar-refractivity contribution in [1.82, 2.24) is 4.90 Å². The molecule has 1 fully saturated rings. The van der Waals surface area contributed by atoms with Gasteiger partial charge in [0.2, 0.25) is 5.91 Å². The molecule has 0 aromatic heterocycles. The third kappa shape index (κ3) is 4.03. The summed E-state index contributed by atoms with van der Waals surface area (Å²) >= 11 is 1.67. The molecule has 0 bridgehead atoms. The minimum absolute atomic E-state index is 0.0677. The Labute approximate surface area is 96.2 Å². The zero-order valence-corrected chi connectivity index (χ0v) is 10.6. The molecule has 4 heteroatoms. The standard InChI is InChI=1S/C11H21NO2S/c1-11(2,3)15-8-10(14)12-6-4-5-9(12)7-13/h9,13H,4-8H2,1-3H3/t9-/m0/s1. The van der Waals surface area contributed by atoms with E-state index in [-0.39, 0.29) is 23.3 Å². The number of aliphatic hydroxyl groups is 1. The molecule has 88 valence electrons. The molecule has 0 aliphatic carbocycles. The van der Waals surface area contributed by atoms with Crippen molar-refractivity contribution in [2.45, 2.75) is 44.4 Å². The Kier molecular flexibility index (Phi) is 4.46. The van der Waals surface area contributed by atoms with Crippen LogP contribution in [0.5, 0.6) is 0 Å². The maximum atomic E-state index is 11.9. The summed E-state index contributed by atoms with van der Waals surface area (Å²) in [5.74, 6) is 0.700. The third-order valence-corrected chi connectivity index (χ3v) is 3.79. The van der Waals surface area contributed by atoms with Crippen molar-refractivity contribution in [2.75, 3.05) is 18.9 Å². The van der Waals surface area contributed by atoms with Gasteiger partial charge in [-0.2, -0.15) is 0 Å². The summed E-state index contributed by atoms with van der Waals surface area (Å²) < 4.78 is 0.129. The lowest BCUT2D eigenvalue weighted by molar-refractivity contribution is -0.129. The van der Waals surface area contributed by atoms with E-state index in [0.29, 0.717) is 5.75 Å². The molecule has 0 radical (unpaired) electrons. The molecule has 0 unspecified atom stereocenters. The van der Waals surface area contributed by atoms with Crippen LogP contribution in [0.2, 0.25) is 0 Å². The van der Waals surface area contributed by atoms with Gasteiger partial charge in [0.05, 0.1) is 18.4 Å². The summed E-state index contributed by atoms with van der Waals surface area (Å²) in [6.45, 7) is 7.25. The van der Waals surface area contributed by atoms with Crippen LogP contribution in [0.3, 0.4) is 0 Å². The van der Waals surface area contributed by atoms with E-state index in [0.717, 1.165) is 19.4 Å². The highest BCUT2D eigenvalue weighted by Crippen LogP contribution is 2.25. The molecule has 1 saturated heterocycles. The molecule has 0 aromatic carbocycles. The van der Waals surface area contributed by atoms with Crippen molar-refractivity contribution in [2.24, 2.45) is 0 Å².